The Bertz CT molecular complexity index is 425. The molecule has 2 aliphatic rings. The Balaban J connectivity index is 1.58. The first-order valence-electron chi connectivity index (χ1n) is 7.24. The number of benzene rings is 1. The molecule has 3 rings (SSSR count). The predicted octanol–water partition coefficient (Wildman–Crippen LogP) is 4.08. The zero-order chi connectivity index (χ0) is 12.5. The summed E-state index contributed by atoms with van der Waals surface area (Å²) in [6.07, 6.45) is 8.03. The second-order valence-electron chi connectivity index (χ2n) is 6.10. The third-order valence-electron chi connectivity index (χ3n) is 4.30. The van der Waals surface area contributed by atoms with Gasteiger partial charge >= 0.3 is 0 Å². The second-order valence-corrected chi connectivity index (χ2v) is 7.02. The SMILES string of the molecule is CC(CC1CC1)NC1CCc2cc(Br)ccc2C1. The van der Waals surface area contributed by atoms with Crippen LogP contribution in [0.3, 0.4) is 0 Å². The zero-order valence-corrected chi connectivity index (χ0v) is 12.7. The molecule has 2 atom stereocenters. The third kappa shape index (κ3) is 3.16. The quantitative estimate of drug-likeness (QED) is 0.883. The van der Waals surface area contributed by atoms with E-state index in [1.807, 2.05) is 0 Å². The summed E-state index contributed by atoms with van der Waals surface area (Å²) in [4.78, 5) is 0. The number of rotatable bonds is 4. The molecule has 2 aliphatic carbocycles. The van der Waals surface area contributed by atoms with Gasteiger partial charge in [-0.25, -0.2) is 0 Å². The molecule has 0 radical (unpaired) electrons. The molecule has 0 spiro atoms. The number of hydrogen-bond donors (Lipinski definition) is 1. The molecule has 0 saturated heterocycles. The Morgan fingerprint density at radius 3 is 2.89 bits per heavy atom. The van der Waals surface area contributed by atoms with Crippen molar-refractivity contribution in [3.8, 4) is 0 Å². The van der Waals surface area contributed by atoms with Gasteiger partial charge in [0.05, 0.1) is 0 Å². The highest BCUT2D eigenvalue weighted by Gasteiger charge is 2.25. The maximum Gasteiger partial charge on any atom is 0.0178 e. The Morgan fingerprint density at radius 2 is 2.11 bits per heavy atom. The molecule has 1 aromatic rings. The van der Waals surface area contributed by atoms with E-state index in [4.69, 9.17) is 0 Å². The van der Waals surface area contributed by atoms with Gasteiger partial charge in [-0.2, -0.15) is 0 Å². The molecule has 98 valence electrons. The van der Waals surface area contributed by atoms with Crippen molar-refractivity contribution < 1.29 is 0 Å². The van der Waals surface area contributed by atoms with Crippen LogP contribution in [-0.4, -0.2) is 12.1 Å². The molecular weight excluding hydrogens is 286 g/mol. The summed E-state index contributed by atoms with van der Waals surface area (Å²) < 4.78 is 1.22. The fraction of sp³-hybridized carbons (Fsp3) is 0.625. The van der Waals surface area contributed by atoms with Gasteiger partial charge in [0, 0.05) is 16.6 Å². The van der Waals surface area contributed by atoms with Crippen molar-refractivity contribution >= 4 is 15.9 Å². The van der Waals surface area contributed by atoms with Crippen LogP contribution in [0.5, 0.6) is 0 Å². The highest BCUT2D eigenvalue weighted by atomic mass is 79.9. The fourth-order valence-electron chi connectivity index (χ4n) is 3.19. The van der Waals surface area contributed by atoms with Crippen LogP contribution in [-0.2, 0) is 12.8 Å². The van der Waals surface area contributed by atoms with E-state index in [0.717, 1.165) is 5.92 Å². The van der Waals surface area contributed by atoms with Crippen LogP contribution >= 0.6 is 15.9 Å². The molecule has 0 aromatic heterocycles. The van der Waals surface area contributed by atoms with Crippen LogP contribution in [0.2, 0.25) is 0 Å². The average molecular weight is 308 g/mol. The van der Waals surface area contributed by atoms with Crippen LogP contribution < -0.4 is 5.32 Å². The summed E-state index contributed by atoms with van der Waals surface area (Å²) in [5, 5.41) is 3.83. The minimum Gasteiger partial charge on any atom is -0.311 e. The normalized spacial score (nSPS) is 24.7. The van der Waals surface area contributed by atoms with E-state index >= 15 is 0 Å². The van der Waals surface area contributed by atoms with Gasteiger partial charge in [0.2, 0.25) is 0 Å². The fourth-order valence-corrected chi connectivity index (χ4v) is 3.60. The molecule has 0 bridgehead atoms. The van der Waals surface area contributed by atoms with Gasteiger partial charge in [-0.05, 0) is 61.8 Å². The standard InChI is InChI=1S/C16H22BrN/c1-11(8-12-2-3-12)18-16-7-5-13-9-15(17)6-4-14(13)10-16/h4,6,9,11-12,16,18H,2-3,5,7-8,10H2,1H3. The van der Waals surface area contributed by atoms with Crippen molar-refractivity contribution in [3.63, 3.8) is 0 Å². The van der Waals surface area contributed by atoms with Gasteiger partial charge in [-0.1, -0.05) is 34.8 Å². The monoisotopic (exact) mass is 307 g/mol. The number of aryl methyl sites for hydroxylation is 1. The van der Waals surface area contributed by atoms with Crippen molar-refractivity contribution in [2.24, 2.45) is 5.92 Å². The van der Waals surface area contributed by atoms with Gasteiger partial charge in [0.1, 0.15) is 0 Å². The van der Waals surface area contributed by atoms with Crippen LogP contribution in [0.4, 0.5) is 0 Å². The predicted molar refractivity (Wildman–Crippen MR) is 79.9 cm³/mol. The van der Waals surface area contributed by atoms with Crippen LogP contribution in [0.15, 0.2) is 22.7 Å². The topological polar surface area (TPSA) is 12.0 Å². The van der Waals surface area contributed by atoms with E-state index in [1.165, 1.54) is 48.6 Å². The highest BCUT2D eigenvalue weighted by Crippen LogP contribution is 2.33. The summed E-state index contributed by atoms with van der Waals surface area (Å²) in [5.74, 6) is 1.03. The van der Waals surface area contributed by atoms with Gasteiger partial charge in [0.25, 0.3) is 0 Å². The second kappa shape index (κ2) is 5.34. The van der Waals surface area contributed by atoms with Crippen molar-refractivity contribution in [3.05, 3.63) is 33.8 Å². The van der Waals surface area contributed by atoms with E-state index in [-0.39, 0.29) is 0 Å². The first kappa shape index (κ1) is 12.7. The molecule has 0 amide bonds. The molecule has 18 heavy (non-hydrogen) atoms. The minimum absolute atomic E-state index is 0.687. The molecule has 1 fully saturated rings. The lowest BCUT2D eigenvalue weighted by atomic mass is 9.88. The Kier molecular flexibility index (Phi) is 3.76. The lowest BCUT2D eigenvalue weighted by Crippen LogP contribution is -2.40. The number of nitrogens with one attached hydrogen (secondary N) is 1. The van der Waals surface area contributed by atoms with Gasteiger partial charge < -0.3 is 5.32 Å². The van der Waals surface area contributed by atoms with E-state index in [0.29, 0.717) is 12.1 Å². The third-order valence-corrected chi connectivity index (χ3v) is 4.79. The number of hydrogen-bond acceptors (Lipinski definition) is 1. The van der Waals surface area contributed by atoms with Crippen molar-refractivity contribution in [1.29, 1.82) is 0 Å². The number of halogens is 1. The van der Waals surface area contributed by atoms with Gasteiger partial charge in [-0.15, -0.1) is 0 Å². The first-order chi connectivity index (χ1) is 8.70. The van der Waals surface area contributed by atoms with Crippen molar-refractivity contribution in [2.45, 2.75) is 57.5 Å². The first-order valence-corrected chi connectivity index (χ1v) is 8.03. The van der Waals surface area contributed by atoms with Crippen molar-refractivity contribution in [1.82, 2.24) is 5.32 Å². The Hall–Kier alpha value is -0.340. The molecule has 1 nitrogen and oxygen atoms in total. The Labute approximate surface area is 118 Å². The highest BCUT2D eigenvalue weighted by molar-refractivity contribution is 9.10. The maximum absolute atomic E-state index is 3.83. The van der Waals surface area contributed by atoms with Crippen LogP contribution in [0.25, 0.3) is 0 Å². The molecule has 2 heteroatoms. The smallest absolute Gasteiger partial charge is 0.0178 e. The average Bonchev–Trinajstić information content (AvgIpc) is 3.13. The van der Waals surface area contributed by atoms with E-state index in [2.05, 4.69) is 46.4 Å². The summed E-state index contributed by atoms with van der Waals surface area (Å²) in [7, 11) is 0. The van der Waals surface area contributed by atoms with Crippen LogP contribution in [0.1, 0.15) is 43.7 Å². The molecule has 1 N–H and O–H groups in total. The minimum atomic E-state index is 0.687. The molecule has 0 aliphatic heterocycles. The molecule has 1 aromatic carbocycles. The molecule has 0 heterocycles. The van der Waals surface area contributed by atoms with Gasteiger partial charge in [0.15, 0.2) is 0 Å². The van der Waals surface area contributed by atoms with Gasteiger partial charge in [-0.3, -0.25) is 0 Å². The van der Waals surface area contributed by atoms with E-state index in [1.54, 1.807) is 5.56 Å². The molecule has 1 saturated carbocycles. The number of fused-ring (bicyclic) bond motifs is 1. The summed E-state index contributed by atoms with van der Waals surface area (Å²) >= 11 is 3.56. The lowest BCUT2D eigenvalue weighted by molar-refractivity contribution is 0.384. The Morgan fingerprint density at radius 1 is 1.28 bits per heavy atom. The van der Waals surface area contributed by atoms with Crippen LogP contribution in [0, 0.1) is 5.92 Å². The summed E-state index contributed by atoms with van der Waals surface area (Å²) in [5.41, 5.74) is 3.08. The maximum atomic E-state index is 3.83. The van der Waals surface area contributed by atoms with Crippen molar-refractivity contribution in [2.75, 3.05) is 0 Å². The summed E-state index contributed by atoms with van der Waals surface area (Å²) in [6, 6.07) is 8.14. The molecule has 2 unspecified atom stereocenters. The van der Waals surface area contributed by atoms with E-state index in [9.17, 15) is 0 Å². The summed E-state index contributed by atoms with van der Waals surface area (Å²) in [6.45, 7) is 2.36. The zero-order valence-electron chi connectivity index (χ0n) is 11.1. The molecular formula is C16H22BrN. The van der Waals surface area contributed by atoms with E-state index < -0.39 is 0 Å². The lowest BCUT2D eigenvalue weighted by Gasteiger charge is -2.28. The largest absolute Gasteiger partial charge is 0.311 e.